The highest BCUT2D eigenvalue weighted by Gasteiger charge is 2.25. The number of rotatable bonds is 8. The number of aliphatic hydroxyl groups is 1. The fourth-order valence-corrected chi connectivity index (χ4v) is 3.00. The number of piperazine rings is 1. The lowest BCUT2D eigenvalue weighted by molar-refractivity contribution is 0.0367. The Morgan fingerprint density at radius 2 is 2.11 bits per heavy atom. The molecule has 1 aromatic heterocycles. The van der Waals surface area contributed by atoms with Crippen molar-refractivity contribution in [3.05, 3.63) is 24.2 Å². The lowest BCUT2D eigenvalue weighted by Gasteiger charge is -2.36. The van der Waals surface area contributed by atoms with Crippen LogP contribution in [0.15, 0.2) is 27.8 Å². The second kappa shape index (κ2) is 9.75. The van der Waals surface area contributed by atoms with Gasteiger partial charge in [-0.15, -0.1) is 0 Å². The Labute approximate surface area is 160 Å². The van der Waals surface area contributed by atoms with E-state index in [1.807, 2.05) is 6.92 Å². The first-order valence-electron chi connectivity index (χ1n) is 9.79. The first kappa shape index (κ1) is 19.7. The quantitative estimate of drug-likeness (QED) is 0.513. The lowest BCUT2D eigenvalue weighted by Crippen LogP contribution is -2.54. The SMILES string of the molecule is CCNC(=NCC(O)COCC1CC1)N1CCN(C(=O)c2ccco2)CC1. The van der Waals surface area contributed by atoms with Crippen LogP contribution in [0.25, 0.3) is 0 Å². The average Bonchev–Trinajstić information content (AvgIpc) is 3.34. The van der Waals surface area contributed by atoms with Gasteiger partial charge in [-0.3, -0.25) is 9.79 Å². The maximum absolute atomic E-state index is 12.4. The molecule has 8 nitrogen and oxygen atoms in total. The number of ether oxygens (including phenoxy) is 1. The van der Waals surface area contributed by atoms with E-state index in [1.165, 1.54) is 19.1 Å². The molecule has 2 aliphatic rings. The smallest absolute Gasteiger partial charge is 0.289 e. The van der Waals surface area contributed by atoms with Crippen LogP contribution in [0.4, 0.5) is 0 Å². The highest BCUT2D eigenvalue weighted by atomic mass is 16.5. The van der Waals surface area contributed by atoms with Crippen molar-refractivity contribution in [2.75, 3.05) is 52.5 Å². The molecule has 0 aromatic carbocycles. The predicted octanol–water partition coefficient (Wildman–Crippen LogP) is 0.790. The van der Waals surface area contributed by atoms with Gasteiger partial charge in [0.05, 0.1) is 25.5 Å². The van der Waals surface area contributed by atoms with Gasteiger partial charge in [0.2, 0.25) is 0 Å². The number of hydrogen-bond acceptors (Lipinski definition) is 5. The maximum Gasteiger partial charge on any atom is 0.289 e. The maximum atomic E-state index is 12.4. The van der Waals surface area contributed by atoms with Crippen LogP contribution in [0.1, 0.15) is 30.3 Å². The first-order valence-corrected chi connectivity index (χ1v) is 9.79. The summed E-state index contributed by atoms with van der Waals surface area (Å²) < 4.78 is 10.7. The minimum Gasteiger partial charge on any atom is -0.459 e. The highest BCUT2D eigenvalue weighted by molar-refractivity contribution is 5.91. The van der Waals surface area contributed by atoms with Crippen LogP contribution in [0, 0.1) is 5.92 Å². The third-order valence-corrected chi connectivity index (χ3v) is 4.75. The summed E-state index contributed by atoms with van der Waals surface area (Å²) in [6.07, 6.45) is 3.40. The summed E-state index contributed by atoms with van der Waals surface area (Å²) in [5.74, 6) is 1.75. The zero-order valence-electron chi connectivity index (χ0n) is 16.0. The predicted molar refractivity (Wildman–Crippen MR) is 102 cm³/mol. The monoisotopic (exact) mass is 378 g/mol. The Hall–Kier alpha value is -2.06. The standard InChI is InChI=1S/C19H30N4O4/c1-2-20-19(21-12-16(24)14-26-13-15-5-6-15)23-9-7-22(8-10-23)18(25)17-4-3-11-27-17/h3-4,11,15-16,24H,2,5-10,12-14H2,1H3,(H,20,21). The normalized spacial score (nSPS) is 19.3. The molecule has 1 unspecified atom stereocenters. The number of nitrogens with zero attached hydrogens (tertiary/aromatic N) is 3. The topological polar surface area (TPSA) is 90.5 Å². The van der Waals surface area contributed by atoms with Crippen LogP contribution in [0.2, 0.25) is 0 Å². The van der Waals surface area contributed by atoms with E-state index in [4.69, 9.17) is 9.15 Å². The van der Waals surface area contributed by atoms with Crippen LogP contribution >= 0.6 is 0 Å². The van der Waals surface area contributed by atoms with Crippen molar-refractivity contribution in [3.63, 3.8) is 0 Å². The van der Waals surface area contributed by atoms with Gasteiger partial charge in [0.1, 0.15) is 0 Å². The van der Waals surface area contributed by atoms with Crippen molar-refractivity contribution in [1.29, 1.82) is 0 Å². The Morgan fingerprint density at radius 1 is 1.37 bits per heavy atom. The number of carbonyl (C=O) groups is 1. The molecule has 3 rings (SSSR count). The van der Waals surface area contributed by atoms with Gasteiger partial charge in [-0.1, -0.05) is 0 Å². The number of hydrogen-bond donors (Lipinski definition) is 2. The van der Waals surface area contributed by atoms with Crippen molar-refractivity contribution in [2.45, 2.75) is 25.9 Å². The Morgan fingerprint density at radius 3 is 2.74 bits per heavy atom. The minimum absolute atomic E-state index is 0.0789. The molecule has 1 amide bonds. The number of nitrogens with one attached hydrogen (secondary N) is 1. The molecule has 1 saturated heterocycles. The molecule has 150 valence electrons. The van der Waals surface area contributed by atoms with Gasteiger partial charge in [-0.2, -0.15) is 0 Å². The number of furan rings is 1. The lowest BCUT2D eigenvalue weighted by atomic mass is 10.3. The van der Waals surface area contributed by atoms with Crippen molar-refractivity contribution < 1.29 is 19.1 Å². The van der Waals surface area contributed by atoms with E-state index >= 15 is 0 Å². The molecule has 1 aliphatic heterocycles. The van der Waals surface area contributed by atoms with Gasteiger partial charge in [0, 0.05) is 39.3 Å². The second-order valence-electron chi connectivity index (χ2n) is 7.09. The van der Waals surface area contributed by atoms with Crippen molar-refractivity contribution in [2.24, 2.45) is 10.9 Å². The first-order chi connectivity index (χ1) is 13.2. The zero-order valence-corrected chi connectivity index (χ0v) is 16.0. The Balaban J connectivity index is 1.45. The van der Waals surface area contributed by atoms with Crippen LogP contribution < -0.4 is 5.32 Å². The van der Waals surface area contributed by atoms with Gasteiger partial charge < -0.3 is 29.4 Å². The average molecular weight is 378 g/mol. The molecule has 0 bridgehead atoms. The van der Waals surface area contributed by atoms with Crippen LogP contribution in [-0.2, 0) is 4.74 Å². The molecule has 1 aromatic rings. The molecular weight excluding hydrogens is 348 g/mol. The summed E-state index contributed by atoms with van der Waals surface area (Å²) in [7, 11) is 0. The molecule has 2 N–H and O–H groups in total. The molecule has 2 heterocycles. The van der Waals surface area contributed by atoms with Gasteiger partial charge >= 0.3 is 0 Å². The molecule has 27 heavy (non-hydrogen) atoms. The number of amides is 1. The summed E-state index contributed by atoms with van der Waals surface area (Å²) in [4.78, 5) is 20.8. The number of guanidine groups is 1. The van der Waals surface area contributed by atoms with Gasteiger partial charge in [-0.05, 0) is 37.8 Å². The van der Waals surface area contributed by atoms with Gasteiger partial charge in [0.25, 0.3) is 5.91 Å². The van der Waals surface area contributed by atoms with E-state index in [1.54, 1.807) is 17.0 Å². The number of carbonyl (C=O) groups excluding carboxylic acids is 1. The highest BCUT2D eigenvalue weighted by Crippen LogP contribution is 2.28. The largest absolute Gasteiger partial charge is 0.459 e. The van der Waals surface area contributed by atoms with E-state index in [-0.39, 0.29) is 5.91 Å². The van der Waals surface area contributed by atoms with Crippen LogP contribution in [0.3, 0.4) is 0 Å². The molecule has 2 fully saturated rings. The molecular formula is C19H30N4O4. The fraction of sp³-hybridized carbons (Fsp3) is 0.684. The van der Waals surface area contributed by atoms with E-state index in [0.717, 1.165) is 19.1 Å². The number of aliphatic imine (C=N–C) groups is 1. The van der Waals surface area contributed by atoms with Crippen LogP contribution in [0.5, 0.6) is 0 Å². The molecule has 1 saturated carbocycles. The second-order valence-corrected chi connectivity index (χ2v) is 7.09. The van der Waals surface area contributed by atoms with E-state index in [0.29, 0.717) is 51.0 Å². The van der Waals surface area contributed by atoms with Gasteiger partial charge in [0.15, 0.2) is 11.7 Å². The summed E-state index contributed by atoms with van der Waals surface area (Å²) >= 11 is 0. The molecule has 0 spiro atoms. The minimum atomic E-state index is -0.598. The Kier molecular flexibility index (Phi) is 7.11. The van der Waals surface area contributed by atoms with Gasteiger partial charge in [-0.25, -0.2) is 0 Å². The fourth-order valence-electron chi connectivity index (χ4n) is 3.00. The van der Waals surface area contributed by atoms with Crippen molar-refractivity contribution in [3.8, 4) is 0 Å². The summed E-state index contributed by atoms with van der Waals surface area (Å²) in [5.41, 5.74) is 0. The van der Waals surface area contributed by atoms with Crippen molar-refractivity contribution >= 4 is 11.9 Å². The van der Waals surface area contributed by atoms with Crippen LogP contribution in [-0.4, -0.2) is 85.4 Å². The molecule has 1 aliphatic carbocycles. The summed E-state index contributed by atoms with van der Waals surface area (Å²) in [6.45, 7) is 6.73. The molecule has 0 radical (unpaired) electrons. The molecule has 8 heteroatoms. The number of aliphatic hydroxyl groups excluding tert-OH is 1. The molecule has 1 atom stereocenters. The third-order valence-electron chi connectivity index (χ3n) is 4.75. The van der Waals surface area contributed by atoms with Crippen molar-refractivity contribution in [1.82, 2.24) is 15.1 Å². The zero-order chi connectivity index (χ0) is 19.1. The summed E-state index contributed by atoms with van der Waals surface area (Å²) in [6, 6.07) is 3.41. The summed E-state index contributed by atoms with van der Waals surface area (Å²) in [5, 5.41) is 13.3. The van der Waals surface area contributed by atoms with E-state index in [9.17, 15) is 9.90 Å². The Bertz CT molecular complexity index is 607. The van der Waals surface area contributed by atoms with E-state index in [2.05, 4.69) is 15.2 Å². The van der Waals surface area contributed by atoms with E-state index < -0.39 is 6.10 Å². The third kappa shape index (κ3) is 5.97.